The maximum atomic E-state index is 13.6. The van der Waals surface area contributed by atoms with E-state index in [4.69, 9.17) is 5.73 Å². The third kappa shape index (κ3) is 8.63. The minimum absolute atomic E-state index is 0.197. The van der Waals surface area contributed by atoms with Crippen LogP contribution in [0.3, 0.4) is 0 Å². The Balaban J connectivity index is 1.17. The first-order chi connectivity index (χ1) is 26.4. The molecule has 0 saturated heterocycles. The minimum atomic E-state index is -0.818. The van der Waals surface area contributed by atoms with Gasteiger partial charge in [-0.15, -0.1) is 0 Å². The summed E-state index contributed by atoms with van der Waals surface area (Å²) in [7, 11) is 0. The number of aliphatic hydroxyl groups is 1. The third-order valence-corrected chi connectivity index (χ3v) is 13.7. The van der Waals surface area contributed by atoms with Crippen LogP contribution in [0.1, 0.15) is 106 Å². The molecule has 1 saturated carbocycles. The zero-order valence-corrected chi connectivity index (χ0v) is 32.0. The molecule has 2 bridgehead atoms. The van der Waals surface area contributed by atoms with Crippen LogP contribution in [0, 0.1) is 35.5 Å². The largest absolute Gasteiger partial charge is 0.508 e. The zero-order valence-electron chi connectivity index (χ0n) is 32.0. The Bertz CT molecular complexity index is 1910. The molecule has 286 valence electrons. The Morgan fingerprint density at radius 2 is 1.61 bits per heavy atom. The van der Waals surface area contributed by atoms with E-state index in [9.17, 15) is 20.1 Å². The normalized spacial score (nSPS) is 29.7. The molecule has 3 aromatic carbocycles. The van der Waals surface area contributed by atoms with E-state index in [1.807, 2.05) is 12.1 Å². The number of phenols is 1. The second-order valence-electron chi connectivity index (χ2n) is 17.0. The number of aromatic hydroxyl groups is 1. The van der Waals surface area contributed by atoms with E-state index in [0.29, 0.717) is 11.8 Å². The van der Waals surface area contributed by atoms with Crippen LogP contribution >= 0.6 is 0 Å². The van der Waals surface area contributed by atoms with Gasteiger partial charge >= 0.3 is 5.97 Å². The first kappa shape index (κ1) is 38.3. The maximum absolute atomic E-state index is 13.6. The average molecular weight is 728 g/mol. The van der Waals surface area contributed by atoms with Gasteiger partial charge in [-0.1, -0.05) is 122 Å². The molecular weight excluding hydrogens is 667 g/mol. The van der Waals surface area contributed by atoms with E-state index in [1.165, 1.54) is 60.1 Å². The van der Waals surface area contributed by atoms with E-state index in [1.54, 1.807) is 5.57 Å². The number of aliphatic carboxylic acids is 1. The van der Waals surface area contributed by atoms with Crippen molar-refractivity contribution < 1.29 is 20.1 Å². The quantitative estimate of drug-likeness (QED) is 0.111. The molecule has 1 spiro atoms. The van der Waals surface area contributed by atoms with Gasteiger partial charge in [0.2, 0.25) is 0 Å². The molecule has 1 fully saturated rings. The van der Waals surface area contributed by atoms with Gasteiger partial charge in [0.1, 0.15) is 5.75 Å². The number of carboxylic acid groups (broad SMARTS) is 1. The van der Waals surface area contributed by atoms with Gasteiger partial charge in [0.15, 0.2) is 0 Å². The van der Waals surface area contributed by atoms with Gasteiger partial charge in [-0.05, 0) is 140 Å². The van der Waals surface area contributed by atoms with Gasteiger partial charge in [-0.2, -0.15) is 0 Å². The van der Waals surface area contributed by atoms with Crippen LogP contribution in [0.4, 0.5) is 0 Å². The van der Waals surface area contributed by atoms with Gasteiger partial charge in [-0.3, -0.25) is 4.79 Å². The molecule has 0 aromatic heterocycles. The summed E-state index contributed by atoms with van der Waals surface area (Å²) >= 11 is 0. The molecule has 5 nitrogen and oxygen atoms in total. The molecule has 4 aliphatic rings. The van der Waals surface area contributed by atoms with Crippen LogP contribution in [0.25, 0.3) is 12.2 Å². The zero-order chi connectivity index (χ0) is 37.5. The maximum Gasteiger partial charge on any atom is 0.308 e. The van der Waals surface area contributed by atoms with E-state index in [2.05, 4.69) is 91.0 Å². The predicted octanol–water partition coefficient (Wildman–Crippen LogP) is 8.56. The van der Waals surface area contributed by atoms with Crippen molar-refractivity contribution in [2.24, 2.45) is 41.2 Å². The number of allylic oxidation sites excluding steroid dienone is 2. The molecule has 5 N–H and O–H groups in total. The number of benzene rings is 3. The van der Waals surface area contributed by atoms with Crippen LogP contribution in [0.5, 0.6) is 5.75 Å². The number of nitrogens with two attached hydrogens (primary N) is 1. The SMILES string of the molecule is NCCC1=C[C@@H](CCCCCC[C@@H]2C/C=C/[C@H](CO)[C@H](C(=O)O)[C@@]3(CC[C@@H]4C=c5ccccc5=C[C@@H]4C3)c3cccc(c3)C[C@@H]2c2ccc(O)cc2)CC1. The first-order valence-electron chi connectivity index (χ1n) is 20.9. The topological polar surface area (TPSA) is 104 Å². The summed E-state index contributed by atoms with van der Waals surface area (Å²) in [4.78, 5) is 13.6. The third-order valence-electron chi connectivity index (χ3n) is 13.7. The first-order valence-corrected chi connectivity index (χ1v) is 20.9. The molecule has 0 unspecified atom stereocenters. The van der Waals surface area contributed by atoms with Crippen LogP contribution in [0.2, 0.25) is 0 Å². The van der Waals surface area contributed by atoms with Crippen LogP contribution < -0.4 is 16.2 Å². The molecule has 54 heavy (non-hydrogen) atoms. The fourth-order valence-corrected chi connectivity index (χ4v) is 10.9. The Kier molecular flexibility index (Phi) is 12.6. The second-order valence-corrected chi connectivity index (χ2v) is 17.0. The predicted molar refractivity (Wildman–Crippen MR) is 219 cm³/mol. The van der Waals surface area contributed by atoms with E-state index in [0.717, 1.165) is 69.4 Å². The molecule has 0 amide bonds. The smallest absolute Gasteiger partial charge is 0.308 e. The molecule has 5 heteroatoms. The fourth-order valence-electron chi connectivity index (χ4n) is 10.9. The highest BCUT2D eigenvalue weighted by molar-refractivity contribution is 5.74. The van der Waals surface area contributed by atoms with Gasteiger partial charge < -0.3 is 21.1 Å². The minimum Gasteiger partial charge on any atom is -0.508 e. The van der Waals surface area contributed by atoms with Crippen molar-refractivity contribution in [2.75, 3.05) is 13.2 Å². The van der Waals surface area contributed by atoms with Crippen molar-refractivity contribution in [3.8, 4) is 5.75 Å². The van der Waals surface area contributed by atoms with Crippen molar-refractivity contribution >= 4 is 18.1 Å². The lowest BCUT2D eigenvalue weighted by Gasteiger charge is -2.49. The van der Waals surface area contributed by atoms with Gasteiger partial charge in [0.05, 0.1) is 12.5 Å². The summed E-state index contributed by atoms with van der Waals surface area (Å²) in [5, 5.41) is 34.8. The molecular formula is C49H61NO4. The average Bonchev–Trinajstić information content (AvgIpc) is 3.63. The van der Waals surface area contributed by atoms with Crippen molar-refractivity contribution in [3.05, 3.63) is 124 Å². The monoisotopic (exact) mass is 727 g/mol. The van der Waals surface area contributed by atoms with Crippen LogP contribution in [-0.4, -0.2) is 34.4 Å². The number of fused-ring (bicyclic) bond motifs is 5. The van der Waals surface area contributed by atoms with Crippen molar-refractivity contribution in [3.63, 3.8) is 0 Å². The summed E-state index contributed by atoms with van der Waals surface area (Å²) < 4.78 is 0. The number of carboxylic acids is 1. The lowest BCUT2D eigenvalue weighted by Crippen LogP contribution is -2.50. The number of hydrogen-bond donors (Lipinski definition) is 4. The molecule has 4 aliphatic carbocycles. The lowest BCUT2D eigenvalue weighted by molar-refractivity contribution is -0.148. The van der Waals surface area contributed by atoms with E-state index < -0.39 is 23.2 Å². The number of carbonyl (C=O) groups is 1. The highest BCUT2D eigenvalue weighted by Gasteiger charge is 2.51. The lowest BCUT2D eigenvalue weighted by atomic mass is 9.54. The number of rotatable bonds is 12. The van der Waals surface area contributed by atoms with E-state index in [-0.39, 0.29) is 24.2 Å². The Morgan fingerprint density at radius 3 is 2.35 bits per heavy atom. The number of phenolic OH excluding ortho intramolecular Hbond substituents is 1. The number of unbranched alkanes of at least 4 members (excludes halogenated alkanes) is 3. The standard InChI is InChI=1S/C49H61NO4/c50-26-24-35-18-17-34(27-35)9-3-1-2-4-11-37-14-8-15-42(33-51)47(48(53)54)49(25-23-41-30-39-12-5-6-13-40(39)31-43(41)32-49)44-16-7-10-36(28-44)29-46(37)38-19-21-45(52)22-20-38/h5-8,10,12-13,15-16,19-22,27-28,30-31,34,37,41-43,46-47,51-52H,1-4,9,11,14,17-18,23-26,29,32-33,50H2,(H,53,54)/b15-8+/t34-,37+,41+,42+,43+,46-,47+,49+/m0/s1. The van der Waals surface area contributed by atoms with Crippen molar-refractivity contribution in [1.82, 2.24) is 0 Å². The van der Waals surface area contributed by atoms with Gasteiger partial charge in [0.25, 0.3) is 0 Å². The molecule has 7 rings (SSSR count). The van der Waals surface area contributed by atoms with Crippen LogP contribution in [-0.2, 0) is 16.6 Å². The molecule has 0 aliphatic heterocycles. The van der Waals surface area contributed by atoms with Crippen molar-refractivity contribution in [2.45, 2.75) is 101 Å². The summed E-state index contributed by atoms with van der Waals surface area (Å²) in [5.74, 6) is 0.122. The van der Waals surface area contributed by atoms with Crippen molar-refractivity contribution in [1.29, 1.82) is 0 Å². The Labute approximate surface area is 322 Å². The summed E-state index contributed by atoms with van der Waals surface area (Å²) in [6.07, 6.45) is 26.4. The fraction of sp³-hybridized carbons (Fsp3) is 0.490. The highest BCUT2D eigenvalue weighted by atomic mass is 16.4. The van der Waals surface area contributed by atoms with Gasteiger partial charge in [-0.25, -0.2) is 0 Å². The molecule has 8 atom stereocenters. The molecule has 0 radical (unpaired) electrons. The number of hydrogen-bond acceptors (Lipinski definition) is 4. The van der Waals surface area contributed by atoms with Gasteiger partial charge in [0, 0.05) is 11.3 Å². The summed E-state index contributed by atoms with van der Waals surface area (Å²) in [6.45, 7) is 0.555. The van der Waals surface area contributed by atoms with E-state index >= 15 is 0 Å². The molecule has 0 heterocycles. The second kappa shape index (κ2) is 17.7. The molecule has 3 aromatic rings. The highest BCUT2D eigenvalue weighted by Crippen LogP contribution is 2.53. The summed E-state index contributed by atoms with van der Waals surface area (Å²) in [6, 6.07) is 25.2. The Morgan fingerprint density at radius 1 is 0.852 bits per heavy atom. The Hall–Kier alpha value is -3.93. The van der Waals surface area contributed by atoms with Crippen LogP contribution in [0.15, 0.2) is 96.6 Å². The number of aliphatic hydroxyl groups excluding tert-OH is 1. The summed E-state index contributed by atoms with van der Waals surface area (Å²) in [5.41, 5.74) is 10.3.